The lowest BCUT2D eigenvalue weighted by Crippen LogP contribution is -2.18. The Kier molecular flexibility index (Phi) is 7.72. The van der Waals surface area contributed by atoms with Crippen molar-refractivity contribution in [1.82, 2.24) is 0 Å². The highest BCUT2D eigenvalue weighted by molar-refractivity contribution is 6.34. The minimum Gasteiger partial charge on any atom is -0.271 e. The molecule has 5 aromatic carbocycles. The van der Waals surface area contributed by atoms with Crippen LogP contribution in [0.1, 0.15) is 22.6 Å². The standard InChI is InChI=1S/C31H20N8O8/c40-36(41)19-12-14-25(27(16-19)38(44)45)32-34-30-23-9-3-4-10-24(23)31(29(30)22-11-5-7-18-6-1-2-8-21(18)22)35-33-26-15-13-20(37(42)43)17-28(26)39(46)47/h1-17,29,32-33H. The average Bonchev–Trinajstić information content (AvgIpc) is 3.38. The first-order valence-corrected chi connectivity index (χ1v) is 13.7. The second-order valence-electron chi connectivity index (χ2n) is 10.2. The van der Waals surface area contributed by atoms with Crippen LogP contribution in [0.3, 0.4) is 0 Å². The minimum atomic E-state index is -0.756. The number of hydrogen-bond donors (Lipinski definition) is 2. The molecule has 0 unspecified atom stereocenters. The van der Waals surface area contributed by atoms with Crippen molar-refractivity contribution >= 4 is 56.3 Å². The summed E-state index contributed by atoms with van der Waals surface area (Å²) in [6.45, 7) is 0. The van der Waals surface area contributed by atoms with Crippen LogP contribution in [0.15, 0.2) is 113 Å². The van der Waals surface area contributed by atoms with E-state index >= 15 is 0 Å². The van der Waals surface area contributed by atoms with E-state index in [1.807, 2.05) is 42.5 Å². The maximum absolute atomic E-state index is 11.8. The average molecular weight is 633 g/mol. The summed E-state index contributed by atoms with van der Waals surface area (Å²) < 4.78 is 0. The number of fused-ring (bicyclic) bond motifs is 2. The molecule has 0 bridgehead atoms. The van der Waals surface area contributed by atoms with E-state index < -0.39 is 48.4 Å². The Morgan fingerprint density at radius 1 is 0.532 bits per heavy atom. The van der Waals surface area contributed by atoms with Crippen molar-refractivity contribution in [3.8, 4) is 0 Å². The van der Waals surface area contributed by atoms with Crippen LogP contribution in [-0.2, 0) is 0 Å². The number of nitrogens with one attached hydrogen (secondary N) is 2. The van der Waals surface area contributed by atoms with Crippen LogP contribution in [0.2, 0.25) is 0 Å². The second-order valence-corrected chi connectivity index (χ2v) is 10.2. The van der Waals surface area contributed by atoms with Crippen molar-refractivity contribution < 1.29 is 19.7 Å². The third kappa shape index (κ3) is 5.64. The third-order valence-corrected chi connectivity index (χ3v) is 7.53. The molecule has 0 saturated carbocycles. The van der Waals surface area contributed by atoms with Gasteiger partial charge >= 0.3 is 11.4 Å². The molecule has 5 aromatic rings. The van der Waals surface area contributed by atoms with Crippen LogP contribution in [0, 0.1) is 40.5 Å². The van der Waals surface area contributed by atoms with Crippen molar-refractivity contribution in [3.05, 3.63) is 160 Å². The second kappa shape index (κ2) is 12.1. The SMILES string of the molecule is O=[N+]([O-])c1ccc(NN=C2c3ccccc3C(=NNc3ccc([N+](=O)[O-])cc3[N+](=O)[O-])C2c2cccc3ccccc23)c([N+](=O)[O-])c1. The molecule has 2 N–H and O–H groups in total. The van der Waals surface area contributed by atoms with Gasteiger partial charge in [-0.3, -0.25) is 51.3 Å². The van der Waals surface area contributed by atoms with E-state index in [-0.39, 0.29) is 11.4 Å². The van der Waals surface area contributed by atoms with Gasteiger partial charge in [-0.2, -0.15) is 10.2 Å². The highest BCUT2D eigenvalue weighted by Crippen LogP contribution is 2.40. The van der Waals surface area contributed by atoms with Crippen molar-refractivity contribution in [3.63, 3.8) is 0 Å². The topological polar surface area (TPSA) is 221 Å². The summed E-state index contributed by atoms with van der Waals surface area (Å²) in [5.41, 5.74) is 5.95. The van der Waals surface area contributed by atoms with Crippen LogP contribution < -0.4 is 10.9 Å². The quantitative estimate of drug-likeness (QED) is 0.126. The molecule has 0 spiro atoms. The van der Waals surface area contributed by atoms with E-state index in [4.69, 9.17) is 0 Å². The number of nitrogens with zero attached hydrogens (tertiary/aromatic N) is 6. The molecule has 0 aliphatic heterocycles. The predicted molar refractivity (Wildman–Crippen MR) is 173 cm³/mol. The van der Waals surface area contributed by atoms with Crippen LogP contribution in [0.5, 0.6) is 0 Å². The van der Waals surface area contributed by atoms with Crippen LogP contribution in [0.4, 0.5) is 34.1 Å². The van der Waals surface area contributed by atoms with Gasteiger partial charge in [0, 0.05) is 23.3 Å². The zero-order valence-corrected chi connectivity index (χ0v) is 23.8. The Balaban J connectivity index is 1.53. The summed E-state index contributed by atoms with van der Waals surface area (Å²) >= 11 is 0. The number of nitro groups is 4. The molecule has 1 aliphatic rings. The van der Waals surface area contributed by atoms with Gasteiger partial charge in [0.05, 0.1) is 49.2 Å². The summed E-state index contributed by atoms with van der Waals surface area (Å²) in [7, 11) is 0. The normalized spacial score (nSPS) is 15.4. The monoisotopic (exact) mass is 632 g/mol. The third-order valence-electron chi connectivity index (χ3n) is 7.53. The smallest absolute Gasteiger partial charge is 0.271 e. The molecule has 6 rings (SSSR count). The van der Waals surface area contributed by atoms with E-state index in [0.29, 0.717) is 22.6 Å². The number of anilines is 2. The summed E-state index contributed by atoms with van der Waals surface area (Å²) in [6, 6.07) is 26.6. The number of hydrazone groups is 2. The summed E-state index contributed by atoms with van der Waals surface area (Å²) in [5, 5.41) is 57.1. The lowest BCUT2D eigenvalue weighted by atomic mass is 9.89. The molecule has 1 aliphatic carbocycles. The van der Waals surface area contributed by atoms with Gasteiger partial charge in [-0.15, -0.1) is 0 Å². The first kappa shape index (κ1) is 29.9. The van der Waals surface area contributed by atoms with Crippen molar-refractivity contribution in [2.45, 2.75) is 5.92 Å². The van der Waals surface area contributed by atoms with E-state index in [0.717, 1.165) is 40.6 Å². The molecule has 0 heterocycles. The van der Waals surface area contributed by atoms with E-state index in [9.17, 15) is 40.5 Å². The fourth-order valence-electron chi connectivity index (χ4n) is 5.42. The lowest BCUT2D eigenvalue weighted by molar-refractivity contribution is -0.393. The number of benzene rings is 5. The Bertz CT molecular complexity index is 2080. The minimum absolute atomic E-state index is 0.0905. The van der Waals surface area contributed by atoms with Crippen molar-refractivity contribution in [2.75, 3.05) is 10.9 Å². The highest BCUT2D eigenvalue weighted by Gasteiger charge is 2.37. The molecule has 0 radical (unpaired) electrons. The molecule has 0 saturated heterocycles. The molecular weight excluding hydrogens is 612 g/mol. The zero-order valence-electron chi connectivity index (χ0n) is 23.8. The summed E-state index contributed by atoms with van der Waals surface area (Å²) in [5.74, 6) is -0.729. The van der Waals surface area contributed by atoms with Crippen molar-refractivity contribution in [1.29, 1.82) is 0 Å². The molecule has 16 heteroatoms. The Morgan fingerprint density at radius 3 is 1.49 bits per heavy atom. The molecule has 0 amide bonds. The van der Waals surface area contributed by atoms with Crippen LogP contribution in [-0.4, -0.2) is 31.1 Å². The Hall–Kier alpha value is -7.10. The lowest BCUT2D eigenvalue weighted by Gasteiger charge is -2.17. The predicted octanol–water partition coefficient (Wildman–Crippen LogP) is 6.90. The zero-order chi connectivity index (χ0) is 33.2. The molecule has 47 heavy (non-hydrogen) atoms. The Labute approximate surface area is 263 Å². The van der Waals surface area contributed by atoms with Crippen molar-refractivity contribution in [2.24, 2.45) is 10.2 Å². The van der Waals surface area contributed by atoms with Gasteiger partial charge in [0.1, 0.15) is 11.4 Å². The molecular formula is C31H20N8O8. The van der Waals surface area contributed by atoms with Crippen LogP contribution >= 0.6 is 0 Å². The number of rotatable bonds is 9. The summed E-state index contributed by atoms with van der Waals surface area (Å²) in [6.07, 6.45) is 0. The van der Waals surface area contributed by atoms with Gasteiger partial charge in [-0.05, 0) is 28.5 Å². The largest absolute Gasteiger partial charge is 0.301 e. The fourth-order valence-corrected chi connectivity index (χ4v) is 5.42. The maximum atomic E-state index is 11.8. The van der Waals surface area contributed by atoms with Gasteiger partial charge in [0.15, 0.2) is 0 Å². The molecule has 0 fully saturated rings. The first-order valence-electron chi connectivity index (χ1n) is 13.7. The number of non-ortho nitro benzene ring substituents is 2. The van der Waals surface area contributed by atoms with E-state index in [2.05, 4.69) is 21.1 Å². The van der Waals surface area contributed by atoms with E-state index in [1.54, 1.807) is 24.3 Å². The van der Waals surface area contributed by atoms with Gasteiger partial charge in [-0.1, -0.05) is 66.7 Å². The highest BCUT2D eigenvalue weighted by atomic mass is 16.6. The Morgan fingerprint density at radius 2 is 1.00 bits per heavy atom. The van der Waals surface area contributed by atoms with E-state index in [1.165, 1.54) is 12.1 Å². The molecule has 232 valence electrons. The maximum Gasteiger partial charge on any atom is 0.301 e. The number of hydrogen-bond acceptors (Lipinski definition) is 12. The molecule has 0 aromatic heterocycles. The number of nitro benzene ring substituents is 4. The van der Waals surface area contributed by atoms with Crippen LogP contribution in [0.25, 0.3) is 10.8 Å². The van der Waals surface area contributed by atoms with Gasteiger partial charge in [0.2, 0.25) is 0 Å². The molecule has 0 atom stereocenters. The van der Waals surface area contributed by atoms with Gasteiger partial charge in [-0.25, -0.2) is 0 Å². The van der Waals surface area contributed by atoms with Gasteiger partial charge < -0.3 is 0 Å². The first-order chi connectivity index (χ1) is 22.6. The summed E-state index contributed by atoms with van der Waals surface area (Å²) in [4.78, 5) is 43.1. The van der Waals surface area contributed by atoms with Gasteiger partial charge in [0.25, 0.3) is 11.4 Å². The fraction of sp³-hybridized carbons (Fsp3) is 0.0323. The molecule has 16 nitrogen and oxygen atoms in total.